The van der Waals surface area contributed by atoms with Gasteiger partial charge in [-0.25, -0.2) is 17.9 Å². The van der Waals surface area contributed by atoms with Crippen LogP contribution in [0.4, 0.5) is 5.69 Å². The van der Waals surface area contributed by atoms with Crippen LogP contribution in [0.15, 0.2) is 47.4 Å². The summed E-state index contributed by atoms with van der Waals surface area (Å²) < 4.78 is 37.8. The van der Waals surface area contributed by atoms with Crippen LogP contribution in [-0.2, 0) is 21.2 Å². The molecule has 0 unspecified atom stereocenters. The fourth-order valence-electron chi connectivity index (χ4n) is 2.76. The van der Waals surface area contributed by atoms with Gasteiger partial charge < -0.3 is 19.9 Å². The van der Waals surface area contributed by atoms with Gasteiger partial charge in [0.25, 0.3) is 0 Å². The van der Waals surface area contributed by atoms with Gasteiger partial charge in [0, 0.05) is 25.4 Å². The second-order valence-corrected chi connectivity index (χ2v) is 8.28. The normalized spacial score (nSPS) is 12.4. The van der Waals surface area contributed by atoms with E-state index in [9.17, 15) is 18.3 Å². The zero-order valence-corrected chi connectivity index (χ0v) is 17.5. The lowest BCUT2D eigenvalue weighted by Crippen LogP contribution is -2.27. The lowest BCUT2D eigenvalue weighted by Gasteiger charge is -2.17. The maximum atomic E-state index is 12.6. The summed E-state index contributed by atoms with van der Waals surface area (Å²) in [7, 11) is -0.723. The monoisotopic (exact) mass is 422 g/mol. The summed E-state index contributed by atoms with van der Waals surface area (Å²) in [6, 6.07) is 11.2. The molecular formula is C20H26N2O6S. The molecule has 8 nitrogen and oxygen atoms in total. The molecule has 0 aromatic heterocycles. The predicted octanol–water partition coefficient (Wildman–Crippen LogP) is 2.36. The van der Waals surface area contributed by atoms with E-state index in [2.05, 4.69) is 10.0 Å². The summed E-state index contributed by atoms with van der Waals surface area (Å²) in [6.07, 6.45) is 0.489. The maximum absolute atomic E-state index is 12.6. The van der Waals surface area contributed by atoms with E-state index < -0.39 is 16.0 Å². The highest BCUT2D eigenvalue weighted by atomic mass is 32.2. The standard InChI is InChI=1S/C20H26N2O6S/c1-14(13-27-2)22-19-9-8-17(12-18(19)20(23)24)29(25,26)21-11-10-15-4-6-16(28-3)7-5-15/h4-9,12,14,21-22H,10-11,13H2,1-3H3,(H,23,24)/t14-/m1/s1. The third-order valence-electron chi connectivity index (χ3n) is 4.22. The summed E-state index contributed by atoms with van der Waals surface area (Å²) >= 11 is 0. The minimum atomic E-state index is -3.85. The predicted molar refractivity (Wildman–Crippen MR) is 110 cm³/mol. The van der Waals surface area contributed by atoms with Crippen LogP contribution in [0.25, 0.3) is 0 Å². The molecule has 0 spiro atoms. The number of hydrogen-bond acceptors (Lipinski definition) is 6. The SMILES string of the molecule is COC[C@@H](C)Nc1ccc(S(=O)(=O)NCCc2ccc(OC)cc2)cc1C(=O)O. The van der Waals surface area contributed by atoms with Crippen LogP contribution >= 0.6 is 0 Å². The van der Waals surface area contributed by atoms with Gasteiger partial charge in [-0.3, -0.25) is 0 Å². The van der Waals surface area contributed by atoms with Gasteiger partial charge in [-0.15, -0.1) is 0 Å². The average Bonchev–Trinajstić information content (AvgIpc) is 2.68. The largest absolute Gasteiger partial charge is 0.497 e. The van der Waals surface area contributed by atoms with E-state index in [-0.39, 0.29) is 23.0 Å². The van der Waals surface area contributed by atoms with Crippen LogP contribution < -0.4 is 14.8 Å². The first-order chi connectivity index (χ1) is 13.8. The third kappa shape index (κ3) is 6.45. The zero-order chi connectivity index (χ0) is 21.4. The van der Waals surface area contributed by atoms with Crippen LogP contribution in [0, 0.1) is 0 Å². The number of nitrogens with one attached hydrogen (secondary N) is 2. The first-order valence-corrected chi connectivity index (χ1v) is 10.5. The van der Waals surface area contributed by atoms with E-state index in [1.54, 1.807) is 26.4 Å². The Kier molecular flexibility index (Phi) is 8.00. The molecule has 0 aliphatic rings. The van der Waals surface area contributed by atoms with E-state index in [0.717, 1.165) is 17.4 Å². The van der Waals surface area contributed by atoms with Crippen molar-refractivity contribution in [3.05, 3.63) is 53.6 Å². The van der Waals surface area contributed by atoms with Crippen molar-refractivity contribution < 1.29 is 27.8 Å². The lowest BCUT2D eigenvalue weighted by molar-refractivity contribution is 0.0697. The lowest BCUT2D eigenvalue weighted by atomic mass is 10.1. The van der Waals surface area contributed by atoms with E-state index in [0.29, 0.717) is 18.7 Å². The first kappa shape index (κ1) is 22.7. The van der Waals surface area contributed by atoms with Crippen LogP contribution in [0.1, 0.15) is 22.8 Å². The maximum Gasteiger partial charge on any atom is 0.337 e. The van der Waals surface area contributed by atoms with Crippen molar-refractivity contribution in [2.75, 3.05) is 32.7 Å². The van der Waals surface area contributed by atoms with Crippen molar-refractivity contribution in [3.63, 3.8) is 0 Å². The van der Waals surface area contributed by atoms with Gasteiger partial charge in [-0.1, -0.05) is 12.1 Å². The summed E-state index contributed by atoms with van der Waals surface area (Å²) in [5.41, 5.74) is 1.16. The smallest absolute Gasteiger partial charge is 0.337 e. The summed E-state index contributed by atoms with van der Waals surface area (Å²) in [5.74, 6) is -0.489. The summed E-state index contributed by atoms with van der Waals surface area (Å²) in [5, 5.41) is 12.5. The molecule has 0 radical (unpaired) electrons. The topological polar surface area (TPSA) is 114 Å². The Balaban J connectivity index is 2.10. The molecule has 0 saturated heterocycles. The minimum absolute atomic E-state index is 0.102. The van der Waals surface area contributed by atoms with Gasteiger partial charge in [-0.2, -0.15) is 0 Å². The molecule has 158 valence electrons. The molecule has 0 bridgehead atoms. The highest BCUT2D eigenvalue weighted by molar-refractivity contribution is 7.89. The van der Waals surface area contributed by atoms with Crippen molar-refractivity contribution in [2.24, 2.45) is 0 Å². The number of ether oxygens (including phenoxy) is 2. The van der Waals surface area contributed by atoms with Gasteiger partial charge >= 0.3 is 5.97 Å². The van der Waals surface area contributed by atoms with Crippen LogP contribution in [0.5, 0.6) is 5.75 Å². The number of hydrogen-bond donors (Lipinski definition) is 3. The minimum Gasteiger partial charge on any atom is -0.497 e. The summed E-state index contributed by atoms with van der Waals surface area (Å²) in [6.45, 7) is 2.40. The number of benzene rings is 2. The Morgan fingerprint density at radius 1 is 1.14 bits per heavy atom. The highest BCUT2D eigenvalue weighted by Crippen LogP contribution is 2.22. The molecule has 0 saturated carbocycles. The van der Waals surface area contributed by atoms with E-state index >= 15 is 0 Å². The zero-order valence-electron chi connectivity index (χ0n) is 16.6. The molecule has 0 amide bonds. The fraction of sp³-hybridized carbons (Fsp3) is 0.350. The number of sulfonamides is 1. The van der Waals surface area contributed by atoms with Crippen molar-refractivity contribution in [1.82, 2.24) is 4.72 Å². The molecule has 2 aromatic rings. The van der Waals surface area contributed by atoms with Gasteiger partial charge in [-0.05, 0) is 49.2 Å². The van der Waals surface area contributed by atoms with Crippen LogP contribution in [0.2, 0.25) is 0 Å². The molecule has 0 aliphatic heterocycles. The number of anilines is 1. The van der Waals surface area contributed by atoms with Gasteiger partial charge in [0.15, 0.2) is 0 Å². The second-order valence-electron chi connectivity index (χ2n) is 6.51. The second kappa shape index (κ2) is 10.2. The van der Waals surface area contributed by atoms with Crippen molar-refractivity contribution in [1.29, 1.82) is 0 Å². The van der Waals surface area contributed by atoms with E-state index in [4.69, 9.17) is 9.47 Å². The molecular weight excluding hydrogens is 396 g/mol. The summed E-state index contributed by atoms with van der Waals surface area (Å²) in [4.78, 5) is 11.5. The van der Waals surface area contributed by atoms with E-state index in [1.807, 2.05) is 19.1 Å². The first-order valence-electron chi connectivity index (χ1n) is 9.02. The Hall–Kier alpha value is -2.62. The highest BCUT2D eigenvalue weighted by Gasteiger charge is 2.19. The third-order valence-corrected chi connectivity index (χ3v) is 5.67. The van der Waals surface area contributed by atoms with Gasteiger partial charge in [0.1, 0.15) is 5.75 Å². The molecule has 0 aliphatic carbocycles. The molecule has 1 atom stereocenters. The Bertz CT molecular complexity index is 928. The molecule has 3 N–H and O–H groups in total. The van der Waals surface area contributed by atoms with Gasteiger partial charge in [0.05, 0.1) is 24.2 Å². The van der Waals surface area contributed by atoms with Crippen LogP contribution in [-0.4, -0.2) is 52.9 Å². The van der Waals surface area contributed by atoms with E-state index in [1.165, 1.54) is 12.1 Å². The number of carboxylic acid groups (broad SMARTS) is 1. The molecule has 2 aromatic carbocycles. The number of rotatable bonds is 11. The fourth-order valence-corrected chi connectivity index (χ4v) is 3.81. The molecule has 29 heavy (non-hydrogen) atoms. The average molecular weight is 423 g/mol. The Morgan fingerprint density at radius 2 is 1.83 bits per heavy atom. The van der Waals surface area contributed by atoms with Gasteiger partial charge in [0.2, 0.25) is 10.0 Å². The Labute approximate surface area is 170 Å². The number of aromatic carboxylic acids is 1. The number of carbonyl (C=O) groups is 1. The molecule has 0 fully saturated rings. The van der Waals surface area contributed by atoms with Crippen molar-refractivity contribution >= 4 is 21.7 Å². The molecule has 0 heterocycles. The van der Waals surface area contributed by atoms with Crippen molar-refractivity contribution in [3.8, 4) is 5.75 Å². The quantitative estimate of drug-likeness (QED) is 0.509. The Morgan fingerprint density at radius 3 is 2.41 bits per heavy atom. The molecule has 2 rings (SSSR count). The van der Waals surface area contributed by atoms with Crippen molar-refractivity contribution in [2.45, 2.75) is 24.3 Å². The number of methoxy groups -OCH3 is 2. The number of carboxylic acids is 1. The molecule has 9 heteroatoms. The van der Waals surface area contributed by atoms with Crippen LogP contribution in [0.3, 0.4) is 0 Å².